The zero-order valence-corrected chi connectivity index (χ0v) is 15.9. The SMILES string of the molecule is CC(C)(CN1CCOCC1)CN1CCN(c2ncnc3[nH]ccc23)CC1. The van der Waals surface area contributed by atoms with E-state index < -0.39 is 0 Å². The van der Waals surface area contributed by atoms with Crippen molar-refractivity contribution in [1.82, 2.24) is 24.8 Å². The molecule has 2 fully saturated rings. The molecule has 0 amide bonds. The van der Waals surface area contributed by atoms with E-state index in [4.69, 9.17) is 4.74 Å². The number of aromatic nitrogens is 3. The van der Waals surface area contributed by atoms with Gasteiger partial charge in [-0.05, 0) is 11.5 Å². The number of hydrogen-bond acceptors (Lipinski definition) is 6. The smallest absolute Gasteiger partial charge is 0.142 e. The first kappa shape index (κ1) is 17.7. The molecule has 7 nitrogen and oxygen atoms in total. The van der Waals surface area contributed by atoms with Gasteiger partial charge in [-0.3, -0.25) is 9.80 Å². The fraction of sp³-hybridized carbons (Fsp3) is 0.684. The van der Waals surface area contributed by atoms with Gasteiger partial charge in [-0.15, -0.1) is 0 Å². The molecule has 4 rings (SSSR count). The number of aromatic amines is 1. The standard InChI is InChI=1S/C19H30N6O/c1-19(2,14-24-9-11-26-12-10-24)13-23-5-7-25(8-6-23)18-16-3-4-20-17(16)21-15-22-18/h3-4,15H,5-14H2,1-2H3,(H,20,21,22). The summed E-state index contributed by atoms with van der Waals surface area (Å²) >= 11 is 0. The van der Waals surface area contributed by atoms with Crippen molar-refractivity contribution in [2.75, 3.05) is 70.5 Å². The summed E-state index contributed by atoms with van der Waals surface area (Å²) in [5.41, 5.74) is 1.21. The Kier molecular flexibility index (Phi) is 5.11. The van der Waals surface area contributed by atoms with Crippen LogP contribution in [0.1, 0.15) is 13.8 Å². The van der Waals surface area contributed by atoms with Gasteiger partial charge in [0.1, 0.15) is 17.8 Å². The number of hydrogen-bond donors (Lipinski definition) is 1. The minimum absolute atomic E-state index is 0.294. The molecule has 0 unspecified atom stereocenters. The van der Waals surface area contributed by atoms with E-state index in [-0.39, 0.29) is 0 Å². The van der Waals surface area contributed by atoms with Crippen LogP contribution in [-0.4, -0.2) is 90.3 Å². The third kappa shape index (κ3) is 4.00. The molecule has 0 spiro atoms. The molecule has 0 radical (unpaired) electrons. The van der Waals surface area contributed by atoms with Crippen molar-refractivity contribution in [3.63, 3.8) is 0 Å². The molecule has 0 atom stereocenters. The Labute approximate surface area is 155 Å². The highest BCUT2D eigenvalue weighted by Gasteiger charge is 2.28. The summed E-state index contributed by atoms with van der Waals surface area (Å²) in [7, 11) is 0. The second-order valence-electron chi connectivity index (χ2n) is 8.25. The van der Waals surface area contributed by atoms with Gasteiger partial charge >= 0.3 is 0 Å². The summed E-state index contributed by atoms with van der Waals surface area (Å²) in [5.74, 6) is 1.06. The van der Waals surface area contributed by atoms with Crippen LogP contribution < -0.4 is 4.90 Å². The average Bonchev–Trinajstić information content (AvgIpc) is 3.11. The number of morpholine rings is 1. The van der Waals surface area contributed by atoms with Crippen LogP contribution in [-0.2, 0) is 4.74 Å². The molecule has 0 aromatic carbocycles. The first-order valence-corrected chi connectivity index (χ1v) is 9.66. The number of H-pyrrole nitrogens is 1. The number of anilines is 1. The lowest BCUT2D eigenvalue weighted by molar-refractivity contribution is 0.0147. The van der Waals surface area contributed by atoms with Gasteiger partial charge in [0.25, 0.3) is 0 Å². The molecular formula is C19H30N6O. The maximum absolute atomic E-state index is 5.47. The molecule has 2 aliphatic rings. The lowest BCUT2D eigenvalue weighted by Crippen LogP contribution is -2.51. The molecule has 0 aliphatic carbocycles. The summed E-state index contributed by atoms with van der Waals surface area (Å²) in [4.78, 5) is 19.6. The molecule has 2 aliphatic heterocycles. The van der Waals surface area contributed by atoms with Gasteiger partial charge in [-0.1, -0.05) is 13.8 Å². The first-order chi connectivity index (χ1) is 12.6. The van der Waals surface area contributed by atoms with E-state index in [1.165, 1.54) is 0 Å². The van der Waals surface area contributed by atoms with Crippen molar-refractivity contribution < 1.29 is 4.74 Å². The largest absolute Gasteiger partial charge is 0.379 e. The van der Waals surface area contributed by atoms with E-state index in [1.54, 1.807) is 6.33 Å². The number of fused-ring (bicyclic) bond motifs is 1. The fourth-order valence-corrected chi connectivity index (χ4v) is 4.25. The molecule has 2 aromatic rings. The predicted octanol–water partition coefficient (Wildman–Crippen LogP) is 1.44. The quantitative estimate of drug-likeness (QED) is 0.873. The number of ether oxygens (including phenoxy) is 1. The first-order valence-electron chi connectivity index (χ1n) is 9.66. The van der Waals surface area contributed by atoms with E-state index >= 15 is 0 Å². The van der Waals surface area contributed by atoms with E-state index in [0.29, 0.717) is 5.41 Å². The monoisotopic (exact) mass is 358 g/mol. The fourth-order valence-electron chi connectivity index (χ4n) is 4.25. The Morgan fingerprint density at radius 3 is 2.42 bits per heavy atom. The Bertz CT molecular complexity index is 716. The van der Waals surface area contributed by atoms with Gasteiger partial charge in [0.05, 0.1) is 18.6 Å². The third-order valence-corrected chi connectivity index (χ3v) is 5.41. The van der Waals surface area contributed by atoms with Crippen molar-refractivity contribution in [2.45, 2.75) is 13.8 Å². The molecule has 7 heteroatoms. The van der Waals surface area contributed by atoms with Gasteiger partial charge in [0.2, 0.25) is 0 Å². The number of piperazine rings is 1. The van der Waals surface area contributed by atoms with Crippen molar-refractivity contribution in [3.05, 3.63) is 18.6 Å². The minimum atomic E-state index is 0.294. The van der Waals surface area contributed by atoms with Crippen molar-refractivity contribution in [3.8, 4) is 0 Å². The number of nitrogens with zero attached hydrogens (tertiary/aromatic N) is 5. The summed E-state index contributed by atoms with van der Waals surface area (Å²) in [5, 5.41) is 1.12. The van der Waals surface area contributed by atoms with E-state index in [2.05, 4.69) is 49.6 Å². The van der Waals surface area contributed by atoms with Crippen molar-refractivity contribution in [2.24, 2.45) is 5.41 Å². The zero-order valence-electron chi connectivity index (χ0n) is 15.9. The van der Waals surface area contributed by atoms with Gasteiger partial charge < -0.3 is 14.6 Å². The van der Waals surface area contributed by atoms with Gasteiger partial charge in [-0.25, -0.2) is 9.97 Å². The lowest BCUT2D eigenvalue weighted by atomic mass is 9.91. The van der Waals surface area contributed by atoms with E-state index in [9.17, 15) is 0 Å². The third-order valence-electron chi connectivity index (χ3n) is 5.41. The number of nitrogens with one attached hydrogen (secondary N) is 1. The summed E-state index contributed by atoms with van der Waals surface area (Å²) in [6, 6.07) is 2.07. The normalized spacial score (nSPS) is 20.8. The maximum atomic E-state index is 5.47. The Morgan fingerprint density at radius 2 is 1.69 bits per heavy atom. The highest BCUT2D eigenvalue weighted by atomic mass is 16.5. The molecule has 0 saturated carbocycles. The summed E-state index contributed by atoms with van der Waals surface area (Å²) in [6.07, 6.45) is 3.60. The lowest BCUT2D eigenvalue weighted by Gasteiger charge is -2.41. The molecule has 26 heavy (non-hydrogen) atoms. The molecule has 4 heterocycles. The molecular weight excluding hydrogens is 328 g/mol. The average molecular weight is 358 g/mol. The van der Waals surface area contributed by atoms with Crippen LogP contribution in [0.3, 0.4) is 0 Å². The van der Waals surface area contributed by atoms with Crippen LogP contribution in [0.5, 0.6) is 0 Å². The molecule has 2 saturated heterocycles. The Hall–Kier alpha value is -1.70. The van der Waals surface area contributed by atoms with Crippen molar-refractivity contribution >= 4 is 16.9 Å². The van der Waals surface area contributed by atoms with Crippen LogP contribution in [0.15, 0.2) is 18.6 Å². The van der Waals surface area contributed by atoms with Crippen LogP contribution in [0.25, 0.3) is 11.0 Å². The van der Waals surface area contributed by atoms with Gasteiger partial charge in [0, 0.05) is 58.6 Å². The maximum Gasteiger partial charge on any atom is 0.142 e. The Morgan fingerprint density at radius 1 is 1.00 bits per heavy atom. The highest BCUT2D eigenvalue weighted by molar-refractivity contribution is 5.87. The topological polar surface area (TPSA) is 60.5 Å². The van der Waals surface area contributed by atoms with E-state index in [0.717, 1.165) is 82.4 Å². The van der Waals surface area contributed by atoms with Crippen LogP contribution in [0.2, 0.25) is 0 Å². The van der Waals surface area contributed by atoms with Gasteiger partial charge in [0.15, 0.2) is 0 Å². The summed E-state index contributed by atoms with van der Waals surface area (Å²) < 4.78 is 5.47. The highest BCUT2D eigenvalue weighted by Crippen LogP contribution is 2.25. The van der Waals surface area contributed by atoms with Crippen molar-refractivity contribution in [1.29, 1.82) is 0 Å². The zero-order chi connectivity index (χ0) is 18.0. The van der Waals surface area contributed by atoms with Crippen LogP contribution >= 0.6 is 0 Å². The molecule has 0 bridgehead atoms. The molecule has 2 aromatic heterocycles. The second kappa shape index (κ2) is 7.50. The second-order valence-corrected chi connectivity index (χ2v) is 8.25. The van der Waals surface area contributed by atoms with E-state index in [1.807, 2.05) is 6.20 Å². The minimum Gasteiger partial charge on any atom is -0.379 e. The summed E-state index contributed by atoms with van der Waals surface area (Å²) in [6.45, 7) is 15.2. The Balaban J connectivity index is 1.32. The van der Waals surface area contributed by atoms with Gasteiger partial charge in [-0.2, -0.15) is 0 Å². The molecule has 1 N–H and O–H groups in total. The number of rotatable bonds is 5. The molecule has 142 valence electrons. The predicted molar refractivity (Wildman–Crippen MR) is 104 cm³/mol. The van der Waals surface area contributed by atoms with Crippen LogP contribution in [0, 0.1) is 5.41 Å². The van der Waals surface area contributed by atoms with Crippen LogP contribution in [0.4, 0.5) is 5.82 Å².